The first-order valence-electron chi connectivity index (χ1n) is 9.71. The number of aliphatic imine (C=N–C) groups is 1. The normalized spacial score (nSPS) is 18.5. The Kier molecular flexibility index (Phi) is 13.2. The van der Waals surface area contributed by atoms with E-state index in [0.717, 1.165) is 25.8 Å². The van der Waals surface area contributed by atoms with Gasteiger partial charge in [0.15, 0.2) is 5.96 Å². The lowest BCUT2D eigenvalue weighted by atomic mass is 9.93. The minimum Gasteiger partial charge on any atom is -0.357 e. The van der Waals surface area contributed by atoms with Crippen molar-refractivity contribution in [2.24, 2.45) is 10.9 Å². The van der Waals surface area contributed by atoms with E-state index in [2.05, 4.69) is 15.6 Å². The summed E-state index contributed by atoms with van der Waals surface area (Å²) in [6, 6.07) is 0. The van der Waals surface area contributed by atoms with Crippen LogP contribution in [0, 0.1) is 5.92 Å². The molecule has 0 aromatic rings. The van der Waals surface area contributed by atoms with Gasteiger partial charge in [0.2, 0.25) is 0 Å². The van der Waals surface area contributed by atoms with Crippen LogP contribution in [-0.2, 0) is 10.8 Å². The summed E-state index contributed by atoms with van der Waals surface area (Å²) in [6.07, 6.45) is -1.65. The number of nitrogens with zero attached hydrogens (tertiary/aromatic N) is 2. The molecule has 1 unspecified atom stereocenters. The van der Waals surface area contributed by atoms with Gasteiger partial charge in [-0.15, -0.1) is 24.0 Å². The molecule has 1 heterocycles. The molecule has 1 fully saturated rings. The maximum Gasteiger partial charge on any atom is 0.401 e. The van der Waals surface area contributed by atoms with Gasteiger partial charge in [0, 0.05) is 40.9 Å². The summed E-state index contributed by atoms with van der Waals surface area (Å²) < 4.78 is 49.1. The molecule has 1 atom stereocenters. The second kappa shape index (κ2) is 13.3. The third-order valence-corrected chi connectivity index (χ3v) is 6.47. The van der Waals surface area contributed by atoms with Crippen molar-refractivity contribution < 1.29 is 17.4 Å². The summed E-state index contributed by atoms with van der Waals surface area (Å²) in [5, 5.41) is 6.38. The summed E-state index contributed by atoms with van der Waals surface area (Å²) >= 11 is 0. The van der Waals surface area contributed by atoms with Crippen LogP contribution in [-0.4, -0.2) is 71.0 Å². The lowest BCUT2D eigenvalue weighted by Gasteiger charge is -2.32. The van der Waals surface area contributed by atoms with Gasteiger partial charge in [0.25, 0.3) is 0 Å². The molecular weight excluding hydrogens is 504 g/mol. The molecule has 0 saturated carbocycles. The number of hydrogen-bond acceptors (Lipinski definition) is 3. The molecule has 1 saturated heterocycles. The Morgan fingerprint density at radius 3 is 2.29 bits per heavy atom. The smallest absolute Gasteiger partial charge is 0.357 e. The topological polar surface area (TPSA) is 56.7 Å². The number of guanidine groups is 1. The fourth-order valence-electron chi connectivity index (χ4n) is 2.96. The van der Waals surface area contributed by atoms with E-state index in [0.29, 0.717) is 43.8 Å². The monoisotopic (exact) mass is 540 g/mol. The van der Waals surface area contributed by atoms with Gasteiger partial charge in [-0.05, 0) is 66.0 Å². The molecule has 2 N–H and O–H groups in total. The van der Waals surface area contributed by atoms with Gasteiger partial charge >= 0.3 is 6.18 Å². The molecule has 0 radical (unpaired) electrons. The van der Waals surface area contributed by atoms with Crippen LogP contribution in [0.4, 0.5) is 13.2 Å². The average Bonchev–Trinajstić information content (AvgIpc) is 2.54. The van der Waals surface area contributed by atoms with E-state index in [4.69, 9.17) is 0 Å². The molecular formula is C18H36F3IN4OS. The molecule has 28 heavy (non-hydrogen) atoms. The number of rotatable bonds is 8. The number of hydrogen-bond donors (Lipinski definition) is 2. The standard InChI is InChI=1S/C18H35F3N4OS.HI/c1-5-22-16(24-10-13-27(26)17(2,3)4)23-9-6-15-7-11-25(12-8-15)14-18(19,20)21;/h15H,5-14H2,1-4H3,(H2,22,23,24);1H. The summed E-state index contributed by atoms with van der Waals surface area (Å²) in [5.74, 6) is 1.69. The number of nitrogens with one attached hydrogen (secondary N) is 2. The number of alkyl halides is 3. The van der Waals surface area contributed by atoms with Crippen molar-refractivity contribution in [3.05, 3.63) is 0 Å². The molecule has 10 heteroatoms. The molecule has 0 aliphatic carbocycles. The van der Waals surface area contributed by atoms with Gasteiger partial charge in [0.05, 0.1) is 6.54 Å². The minimum atomic E-state index is -4.11. The van der Waals surface area contributed by atoms with Crippen molar-refractivity contribution in [3.63, 3.8) is 0 Å². The van der Waals surface area contributed by atoms with Crippen molar-refractivity contribution in [3.8, 4) is 0 Å². The lowest BCUT2D eigenvalue weighted by molar-refractivity contribution is -0.148. The summed E-state index contributed by atoms with van der Waals surface area (Å²) in [7, 11) is -0.908. The molecule has 1 aliphatic heterocycles. The zero-order valence-electron chi connectivity index (χ0n) is 17.4. The highest BCUT2D eigenvalue weighted by Gasteiger charge is 2.32. The first-order valence-corrected chi connectivity index (χ1v) is 11.0. The Balaban J connectivity index is 0.00000729. The maximum atomic E-state index is 12.4. The van der Waals surface area contributed by atoms with Crippen molar-refractivity contribution >= 4 is 40.7 Å². The van der Waals surface area contributed by atoms with Crippen LogP contribution >= 0.6 is 24.0 Å². The Morgan fingerprint density at radius 2 is 1.79 bits per heavy atom. The van der Waals surface area contributed by atoms with Crippen LogP contribution in [0.3, 0.4) is 0 Å². The van der Waals surface area contributed by atoms with Gasteiger partial charge in [-0.25, -0.2) is 0 Å². The predicted octanol–water partition coefficient (Wildman–Crippen LogP) is 3.37. The van der Waals surface area contributed by atoms with Crippen LogP contribution in [0.15, 0.2) is 4.99 Å². The van der Waals surface area contributed by atoms with Crippen molar-refractivity contribution in [1.29, 1.82) is 0 Å². The molecule has 0 spiro atoms. The Bertz CT molecular complexity index is 490. The van der Waals surface area contributed by atoms with E-state index < -0.39 is 23.5 Å². The molecule has 0 aromatic carbocycles. The van der Waals surface area contributed by atoms with Gasteiger partial charge in [-0.3, -0.25) is 14.1 Å². The first kappa shape index (κ1) is 27.9. The predicted molar refractivity (Wildman–Crippen MR) is 122 cm³/mol. The highest BCUT2D eigenvalue weighted by Crippen LogP contribution is 2.24. The Labute approximate surface area is 187 Å². The molecule has 5 nitrogen and oxygen atoms in total. The maximum absolute atomic E-state index is 12.4. The second-order valence-electron chi connectivity index (χ2n) is 7.97. The SMILES string of the molecule is CCNC(=NCCC1CCN(CC(F)(F)F)CC1)NCCS(=O)C(C)(C)C.I. The zero-order valence-corrected chi connectivity index (χ0v) is 20.5. The van der Waals surface area contributed by atoms with Gasteiger partial charge in [0.1, 0.15) is 0 Å². The minimum absolute atomic E-state index is 0. The van der Waals surface area contributed by atoms with Crippen LogP contribution in [0.25, 0.3) is 0 Å². The van der Waals surface area contributed by atoms with Gasteiger partial charge in [-0.2, -0.15) is 13.2 Å². The average molecular weight is 540 g/mol. The highest BCUT2D eigenvalue weighted by atomic mass is 127. The quantitative estimate of drug-likeness (QED) is 0.282. The van der Waals surface area contributed by atoms with Crippen molar-refractivity contribution in [2.45, 2.75) is 57.9 Å². The van der Waals surface area contributed by atoms with Crippen molar-refractivity contribution in [1.82, 2.24) is 15.5 Å². The Morgan fingerprint density at radius 1 is 1.18 bits per heavy atom. The van der Waals surface area contributed by atoms with Crippen molar-refractivity contribution in [2.75, 3.05) is 45.0 Å². The number of piperidine rings is 1. The van der Waals surface area contributed by atoms with Crippen LogP contribution < -0.4 is 10.6 Å². The highest BCUT2D eigenvalue weighted by molar-refractivity contribution is 14.0. The van der Waals surface area contributed by atoms with E-state index in [-0.39, 0.29) is 28.7 Å². The summed E-state index contributed by atoms with van der Waals surface area (Å²) in [4.78, 5) is 6.03. The third kappa shape index (κ3) is 12.5. The first-order chi connectivity index (χ1) is 12.5. The molecule has 1 rings (SSSR count). The van der Waals surface area contributed by atoms with E-state index in [1.165, 1.54) is 4.90 Å². The summed E-state index contributed by atoms with van der Waals surface area (Å²) in [5.41, 5.74) is 0. The van der Waals surface area contributed by atoms with Crippen LogP contribution in [0.2, 0.25) is 0 Å². The molecule has 0 aromatic heterocycles. The third-order valence-electron chi connectivity index (χ3n) is 4.52. The molecule has 168 valence electrons. The van der Waals surface area contributed by atoms with E-state index in [9.17, 15) is 17.4 Å². The molecule has 1 aliphatic rings. The van der Waals surface area contributed by atoms with Crippen LogP contribution in [0.5, 0.6) is 0 Å². The van der Waals surface area contributed by atoms with E-state index in [1.54, 1.807) is 0 Å². The zero-order chi connectivity index (χ0) is 20.5. The number of likely N-dealkylation sites (tertiary alicyclic amines) is 1. The van der Waals surface area contributed by atoms with Gasteiger partial charge < -0.3 is 10.6 Å². The largest absolute Gasteiger partial charge is 0.401 e. The molecule has 0 bridgehead atoms. The fourth-order valence-corrected chi connectivity index (χ4v) is 3.86. The lowest BCUT2D eigenvalue weighted by Crippen LogP contribution is -2.41. The Hall–Kier alpha value is -0.100. The fraction of sp³-hybridized carbons (Fsp3) is 0.944. The van der Waals surface area contributed by atoms with E-state index >= 15 is 0 Å². The summed E-state index contributed by atoms with van der Waals surface area (Å²) in [6.45, 7) is 10.0. The van der Waals surface area contributed by atoms with Crippen LogP contribution in [0.1, 0.15) is 47.0 Å². The molecule has 0 amide bonds. The van der Waals surface area contributed by atoms with E-state index in [1.807, 2.05) is 27.7 Å². The number of halogens is 4. The van der Waals surface area contributed by atoms with Gasteiger partial charge in [-0.1, -0.05) is 0 Å². The second-order valence-corrected chi connectivity index (χ2v) is 10.3.